The van der Waals surface area contributed by atoms with E-state index in [-0.39, 0.29) is 23.5 Å². The van der Waals surface area contributed by atoms with Gasteiger partial charge in [0.15, 0.2) is 0 Å². The molecule has 1 aromatic carbocycles. The Morgan fingerprint density at radius 1 is 1.32 bits per heavy atom. The third-order valence-corrected chi connectivity index (χ3v) is 2.64. The third-order valence-electron chi connectivity index (χ3n) is 2.64. The van der Waals surface area contributed by atoms with Crippen molar-refractivity contribution >= 4 is 5.82 Å². The van der Waals surface area contributed by atoms with Gasteiger partial charge >= 0.3 is 6.18 Å². The van der Waals surface area contributed by atoms with E-state index in [1.165, 1.54) is 29.1 Å². The zero-order valence-electron chi connectivity index (χ0n) is 9.65. The van der Waals surface area contributed by atoms with Gasteiger partial charge in [-0.25, -0.2) is 4.68 Å². The van der Waals surface area contributed by atoms with E-state index in [1.807, 2.05) is 6.07 Å². The number of nitrogen functional groups attached to an aromatic ring is 1. The first-order valence-electron chi connectivity index (χ1n) is 5.30. The van der Waals surface area contributed by atoms with Crippen LogP contribution in [0.5, 0.6) is 0 Å². The Morgan fingerprint density at radius 3 is 2.58 bits per heavy atom. The van der Waals surface area contributed by atoms with E-state index in [1.54, 1.807) is 0 Å². The molecule has 0 radical (unpaired) electrons. The Hall–Kier alpha value is -2.49. The summed E-state index contributed by atoms with van der Waals surface area (Å²) >= 11 is 0. The van der Waals surface area contributed by atoms with E-state index < -0.39 is 11.7 Å². The van der Waals surface area contributed by atoms with Gasteiger partial charge < -0.3 is 5.73 Å². The van der Waals surface area contributed by atoms with Gasteiger partial charge in [-0.3, -0.25) is 0 Å². The van der Waals surface area contributed by atoms with Crippen LogP contribution in [-0.2, 0) is 12.7 Å². The average Bonchev–Trinajstić information content (AvgIpc) is 2.70. The third kappa shape index (κ3) is 2.52. The number of aromatic nitrogens is 2. The van der Waals surface area contributed by atoms with E-state index in [9.17, 15) is 13.2 Å². The molecule has 0 fully saturated rings. The van der Waals surface area contributed by atoms with E-state index in [4.69, 9.17) is 11.0 Å². The minimum atomic E-state index is -4.43. The highest BCUT2D eigenvalue weighted by atomic mass is 19.4. The summed E-state index contributed by atoms with van der Waals surface area (Å²) in [6, 6.07) is 7.00. The molecule has 4 nitrogen and oxygen atoms in total. The number of nitrogens with zero attached hydrogens (tertiary/aromatic N) is 3. The number of nitriles is 1. The quantitative estimate of drug-likeness (QED) is 0.907. The second kappa shape index (κ2) is 4.65. The van der Waals surface area contributed by atoms with Crippen molar-refractivity contribution in [3.8, 4) is 6.07 Å². The van der Waals surface area contributed by atoms with Crippen LogP contribution in [0.1, 0.15) is 16.7 Å². The lowest BCUT2D eigenvalue weighted by atomic mass is 10.1. The number of benzene rings is 1. The summed E-state index contributed by atoms with van der Waals surface area (Å²) in [5.41, 5.74) is 5.08. The van der Waals surface area contributed by atoms with Crippen LogP contribution in [0.15, 0.2) is 30.5 Å². The van der Waals surface area contributed by atoms with Crippen molar-refractivity contribution in [3.63, 3.8) is 0 Å². The fourth-order valence-corrected chi connectivity index (χ4v) is 1.70. The molecule has 19 heavy (non-hydrogen) atoms. The average molecular weight is 266 g/mol. The maximum atomic E-state index is 12.8. The summed E-state index contributed by atoms with van der Waals surface area (Å²) in [7, 11) is 0. The molecule has 0 saturated heterocycles. The van der Waals surface area contributed by atoms with Crippen molar-refractivity contribution in [2.75, 3.05) is 5.73 Å². The Balaban J connectivity index is 2.39. The minimum absolute atomic E-state index is 0.0503. The molecule has 2 aromatic rings. The molecule has 2 rings (SSSR count). The Labute approximate surface area is 106 Å². The van der Waals surface area contributed by atoms with E-state index in [0.29, 0.717) is 0 Å². The van der Waals surface area contributed by atoms with Crippen LogP contribution in [0.4, 0.5) is 19.0 Å². The van der Waals surface area contributed by atoms with Crippen molar-refractivity contribution < 1.29 is 13.2 Å². The number of anilines is 1. The molecule has 7 heteroatoms. The lowest BCUT2D eigenvalue weighted by Gasteiger charge is -2.13. The topological polar surface area (TPSA) is 67.6 Å². The molecular weight excluding hydrogens is 257 g/mol. The molecule has 98 valence electrons. The van der Waals surface area contributed by atoms with Gasteiger partial charge in [-0.15, -0.1) is 0 Å². The van der Waals surface area contributed by atoms with E-state index in [2.05, 4.69) is 5.10 Å². The van der Waals surface area contributed by atoms with Crippen LogP contribution >= 0.6 is 0 Å². The number of hydrogen-bond donors (Lipinski definition) is 1. The summed E-state index contributed by atoms with van der Waals surface area (Å²) in [6.45, 7) is -0.136. The number of rotatable bonds is 2. The van der Waals surface area contributed by atoms with Crippen molar-refractivity contribution in [3.05, 3.63) is 47.2 Å². The van der Waals surface area contributed by atoms with Gasteiger partial charge in [0.25, 0.3) is 0 Å². The molecule has 0 saturated carbocycles. The standard InChI is InChI=1S/C12H9F3N4/c13-12(14,15)10-4-2-1-3-8(10)7-19-11(17)9(5-16)6-18-19/h1-4,6H,7,17H2. The molecule has 0 aliphatic rings. The van der Waals surface area contributed by atoms with Crippen molar-refractivity contribution in [1.82, 2.24) is 9.78 Å². The predicted molar refractivity (Wildman–Crippen MR) is 61.9 cm³/mol. The molecule has 0 spiro atoms. The first-order valence-corrected chi connectivity index (χ1v) is 5.30. The van der Waals surface area contributed by atoms with Crippen LogP contribution in [-0.4, -0.2) is 9.78 Å². The fraction of sp³-hybridized carbons (Fsp3) is 0.167. The smallest absolute Gasteiger partial charge is 0.383 e. The second-order valence-electron chi connectivity index (χ2n) is 3.87. The van der Waals surface area contributed by atoms with Gasteiger partial charge in [0, 0.05) is 0 Å². The van der Waals surface area contributed by atoms with Crippen LogP contribution in [0.3, 0.4) is 0 Å². The fourth-order valence-electron chi connectivity index (χ4n) is 1.70. The van der Waals surface area contributed by atoms with Gasteiger partial charge in [0.2, 0.25) is 0 Å². The first kappa shape index (κ1) is 13.0. The van der Waals surface area contributed by atoms with Crippen molar-refractivity contribution in [2.45, 2.75) is 12.7 Å². The lowest BCUT2D eigenvalue weighted by Crippen LogP contribution is -2.13. The van der Waals surface area contributed by atoms with Gasteiger partial charge in [-0.05, 0) is 11.6 Å². The van der Waals surface area contributed by atoms with Crippen molar-refractivity contribution in [2.24, 2.45) is 0 Å². The van der Waals surface area contributed by atoms with E-state index >= 15 is 0 Å². The largest absolute Gasteiger partial charge is 0.416 e. The highest BCUT2D eigenvalue weighted by molar-refractivity contribution is 5.48. The normalized spacial score (nSPS) is 11.3. The summed E-state index contributed by atoms with van der Waals surface area (Å²) in [6.07, 6.45) is -3.21. The second-order valence-corrected chi connectivity index (χ2v) is 3.87. The first-order chi connectivity index (χ1) is 8.93. The Morgan fingerprint density at radius 2 is 2.00 bits per heavy atom. The number of nitrogens with two attached hydrogens (primary N) is 1. The predicted octanol–water partition coefficient (Wildman–Crippen LogP) is 2.40. The summed E-state index contributed by atoms with van der Waals surface area (Å²) in [5, 5.41) is 12.5. The maximum absolute atomic E-state index is 12.8. The summed E-state index contributed by atoms with van der Waals surface area (Å²) in [5.74, 6) is 0.0551. The van der Waals surface area contributed by atoms with Gasteiger partial charge in [-0.2, -0.15) is 23.5 Å². The number of hydrogen-bond acceptors (Lipinski definition) is 3. The van der Waals surface area contributed by atoms with Crippen LogP contribution in [0.25, 0.3) is 0 Å². The monoisotopic (exact) mass is 266 g/mol. The van der Waals surface area contributed by atoms with Gasteiger partial charge in [0.1, 0.15) is 17.5 Å². The van der Waals surface area contributed by atoms with Crippen molar-refractivity contribution in [1.29, 1.82) is 5.26 Å². The molecule has 0 aliphatic carbocycles. The molecule has 0 amide bonds. The van der Waals surface area contributed by atoms with E-state index in [0.717, 1.165) is 6.07 Å². The van der Waals surface area contributed by atoms with Crippen LogP contribution in [0, 0.1) is 11.3 Å². The SMILES string of the molecule is N#Cc1cnn(Cc2ccccc2C(F)(F)F)c1N. The Kier molecular flexibility index (Phi) is 3.17. The van der Waals surface area contributed by atoms with Crippen LogP contribution in [0.2, 0.25) is 0 Å². The molecule has 1 heterocycles. The zero-order valence-corrected chi connectivity index (χ0v) is 9.65. The molecule has 0 unspecified atom stereocenters. The molecule has 1 aromatic heterocycles. The molecule has 0 aliphatic heterocycles. The van der Waals surface area contributed by atoms with Gasteiger partial charge in [0.05, 0.1) is 18.3 Å². The highest BCUT2D eigenvalue weighted by Crippen LogP contribution is 2.32. The highest BCUT2D eigenvalue weighted by Gasteiger charge is 2.33. The maximum Gasteiger partial charge on any atom is 0.416 e. The Bertz CT molecular complexity index is 637. The molecule has 2 N–H and O–H groups in total. The van der Waals surface area contributed by atoms with Gasteiger partial charge in [-0.1, -0.05) is 18.2 Å². The molecule has 0 atom stereocenters. The molecular formula is C12H9F3N4. The number of alkyl halides is 3. The van der Waals surface area contributed by atoms with Crippen LogP contribution < -0.4 is 5.73 Å². The number of halogens is 3. The summed E-state index contributed by atoms with van der Waals surface area (Å²) in [4.78, 5) is 0. The molecule has 0 bridgehead atoms. The minimum Gasteiger partial charge on any atom is -0.383 e. The lowest BCUT2D eigenvalue weighted by molar-refractivity contribution is -0.138. The summed E-state index contributed by atoms with van der Waals surface area (Å²) < 4.78 is 39.6. The zero-order chi connectivity index (χ0) is 14.0.